The van der Waals surface area contributed by atoms with Crippen LogP contribution in [-0.4, -0.2) is 41.0 Å². The minimum Gasteiger partial charge on any atom is -0.481 e. The van der Waals surface area contributed by atoms with Gasteiger partial charge in [0.15, 0.2) is 0 Å². The molecule has 0 unspecified atom stereocenters. The van der Waals surface area contributed by atoms with Gasteiger partial charge in [0.05, 0.1) is 12.5 Å². The zero-order valence-electron chi connectivity index (χ0n) is 7.99. The molecular weight excluding hydrogens is 172 g/mol. The maximum Gasteiger partial charge on any atom is 0.305 e. The van der Waals surface area contributed by atoms with Crippen molar-refractivity contribution in [3.63, 3.8) is 0 Å². The van der Waals surface area contributed by atoms with Gasteiger partial charge in [0.1, 0.15) is 0 Å². The van der Waals surface area contributed by atoms with Crippen molar-refractivity contribution in [2.75, 3.05) is 13.1 Å². The second-order valence-corrected chi connectivity index (χ2v) is 2.85. The highest BCUT2D eigenvalue weighted by Crippen LogP contribution is 1.95. The van der Waals surface area contributed by atoms with Crippen LogP contribution in [-0.2, 0) is 9.59 Å². The largest absolute Gasteiger partial charge is 0.481 e. The summed E-state index contributed by atoms with van der Waals surface area (Å²) in [5, 5.41) is 8.41. The lowest BCUT2D eigenvalue weighted by molar-refractivity contribution is -0.138. The van der Waals surface area contributed by atoms with Crippen LogP contribution in [0.1, 0.15) is 20.3 Å². The van der Waals surface area contributed by atoms with Crippen LogP contribution in [0.3, 0.4) is 0 Å². The molecule has 0 saturated heterocycles. The van der Waals surface area contributed by atoms with E-state index in [1.165, 1.54) is 4.90 Å². The van der Waals surface area contributed by atoms with Gasteiger partial charge in [-0.2, -0.15) is 0 Å². The third-order valence-corrected chi connectivity index (χ3v) is 1.68. The number of carboxylic acids is 1. The second-order valence-electron chi connectivity index (χ2n) is 2.85. The number of nitrogens with zero attached hydrogens (tertiary/aromatic N) is 1. The van der Waals surface area contributed by atoms with Crippen LogP contribution < -0.4 is 5.73 Å². The lowest BCUT2D eigenvalue weighted by atomic mass is 10.3. The van der Waals surface area contributed by atoms with Gasteiger partial charge in [0.25, 0.3) is 0 Å². The molecule has 0 aromatic rings. The molecule has 1 amide bonds. The molecule has 0 aliphatic rings. The number of carboxylic acid groups (broad SMARTS) is 1. The van der Waals surface area contributed by atoms with Crippen LogP contribution >= 0.6 is 0 Å². The van der Waals surface area contributed by atoms with Crippen molar-refractivity contribution >= 4 is 11.9 Å². The molecule has 0 aliphatic heterocycles. The summed E-state index contributed by atoms with van der Waals surface area (Å²) in [6, 6.07) is -0.561. The van der Waals surface area contributed by atoms with Gasteiger partial charge in [-0.15, -0.1) is 0 Å². The average Bonchev–Trinajstić information content (AvgIpc) is 2.04. The molecular formula is C8H16N2O3. The topological polar surface area (TPSA) is 83.6 Å². The van der Waals surface area contributed by atoms with E-state index in [9.17, 15) is 9.59 Å². The van der Waals surface area contributed by atoms with Crippen LogP contribution in [0.15, 0.2) is 0 Å². The van der Waals surface area contributed by atoms with E-state index < -0.39 is 12.0 Å². The molecule has 13 heavy (non-hydrogen) atoms. The molecule has 0 aromatic carbocycles. The number of nitrogens with two attached hydrogens (primary N) is 1. The molecule has 0 radical (unpaired) electrons. The Balaban J connectivity index is 4.02. The Labute approximate surface area is 77.5 Å². The maximum atomic E-state index is 11.3. The van der Waals surface area contributed by atoms with Crippen LogP contribution in [0.2, 0.25) is 0 Å². The average molecular weight is 188 g/mol. The fraction of sp³-hybridized carbons (Fsp3) is 0.750. The number of carbonyl (C=O) groups excluding carboxylic acids is 1. The van der Waals surface area contributed by atoms with E-state index in [2.05, 4.69) is 0 Å². The minimum atomic E-state index is -0.907. The quantitative estimate of drug-likeness (QED) is 0.618. The Morgan fingerprint density at radius 2 is 2.08 bits per heavy atom. The van der Waals surface area contributed by atoms with Gasteiger partial charge in [0.2, 0.25) is 5.91 Å². The zero-order valence-corrected chi connectivity index (χ0v) is 7.99. The normalized spacial score (nSPS) is 12.2. The lowest BCUT2D eigenvalue weighted by Crippen LogP contribution is -2.42. The summed E-state index contributed by atoms with van der Waals surface area (Å²) in [5.74, 6) is -1.11. The number of amides is 1. The van der Waals surface area contributed by atoms with E-state index >= 15 is 0 Å². The third-order valence-electron chi connectivity index (χ3n) is 1.68. The summed E-state index contributed by atoms with van der Waals surface area (Å²) in [6.45, 7) is 4.10. The molecule has 3 N–H and O–H groups in total. The van der Waals surface area contributed by atoms with Crippen molar-refractivity contribution in [1.29, 1.82) is 0 Å². The number of rotatable bonds is 5. The predicted molar refractivity (Wildman–Crippen MR) is 48.2 cm³/mol. The highest BCUT2D eigenvalue weighted by molar-refractivity contribution is 5.81. The maximum absolute atomic E-state index is 11.3. The van der Waals surface area contributed by atoms with Gasteiger partial charge in [-0.3, -0.25) is 9.59 Å². The minimum absolute atomic E-state index is 0.0354. The molecule has 5 heteroatoms. The summed E-state index contributed by atoms with van der Waals surface area (Å²) in [4.78, 5) is 23.0. The van der Waals surface area contributed by atoms with Gasteiger partial charge in [-0.05, 0) is 13.8 Å². The van der Waals surface area contributed by atoms with E-state index in [4.69, 9.17) is 10.8 Å². The monoisotopic (exact) mass is 188 g/mol. The van der Waals surface area contributed by atoms with Gasteiger partial charge in [-0.25, -0.2) is 0 Å². The second kappa shape index (κ2) is 5.53. The molecule has 0 aromatic heterocycles. The van der Waals surface area contributed by atoms with E-state index in [1.807, 2.05) is 0 Å². The molecule has 0 bridgehead atoms. The van der Waals surface area contributed by atoms with Gasteiger partial charge < -0.3 is 15.7 Å². The van der Waals surface area contributed by atoms with Crippen molar-refractivity contribution in [2.24, 2.45) is 5.73 Å². The van der Waals surface area contributed by atoms with E-state index in [0.717, 1.165) is 0 Å². The standard InChI is InChI=1S/C8H16N2O3/c1-3-10(5-4-7(11)12)8(13)6(2)9/h6H,3-5,9H2,1-2H3,(H,11,12)/t6-/m0/s1. The molecule has 76 valence electrons. The van der Waals surface area contributed by atoms with E-state index in [-0.39, 0.29) is 18.9 Å². The van der Waals surface area contributed by atoms with Crippen molar-refractivity contribution in [3.05, 3.63) is 0 Å². The highest BCUT2D eigenvalue weighted by Gasteiger charge is 2.15. The molecule has 0 rings (SSSR count). The third kappa shape index (κ3) is 4.47. The molecule has 0 spiro atoms. The molecule has 1 atom stereocenters. The highest BCUT2D eigenvalue weighted by atomic mass is 16.4. The van der Waals surface area contributed by atoms with Crippen molar-refractivity contribution in [1.82, 2.24) is 4.90 Å². The van der Waals surface area contributed by atoms with Crippen molar-refractivity contribution in [3.8, 4) is 0 Å². The SMILES string of the molecule is CCN(CCC(=O)O)C(=O)[C@H](C)N. The van der Waals surface area contributed by atoms with Gasteiger partial charge >= 0.3 is 5.97 Å². The van der Waals surface area contributed by atoms with Crippen LogP contribution in [0.5, 0.6) is 0 Å². The Morgan fingerprint density at radius 3 is 2.38 bits per heavy atom. The summed E-state index contributed by atoms with van der Waals surface area (Å²) >= 11 is 0. The fourth-order valence-corrected chi connectivity index (χ4v) is 0.943. The first kappa shape index (κ1) is 11.9. The van der Waals surface area contributed by atoms with Crippen molar-refractivity contribution in [2.45, 2.75) is 26.3 Å². The number of aliphatic carboxylic acids is 1. The molecule has 5 nitrogen and oxygen atoms in total. The smallest absolute Gasteiger partial charge is 0.305 e. The lowest BCUT2D eigenvalue weighted by Gasteiger charge is -2.21. The van der Waals surface area contributed by atoms with Crippen LogP contribution in [0, 0.1) is 0 Å². The van der Waals surface area contributed by atoms with Crippen LogP contribution in [0.4, 0.5) is 0 Å². The molecule has 0 saturated carbocycles. The first-order chi connectivity index (χ1) is 5.99. The molecule has 0 heterocycles. The van der Waals surface area contributed by atoms with Gasteiger partial charge in [0, 0.05) is 13.1 Å². The Hall–Kier alpha value is -1.10. The first-order valence-corrected chi connectivity index (χ1v) is 4.25. The Bertz CT molecular complexity index is 192. The Morgan fingerprint density at radius 1 is 1.54 bits per heavy atom. The summed E-state index contributed by atoms with van der Waals surface area (Å²) in [7, 11) is 0. The number of hydrogen-bond acceptors (Lipinski definition) is 3. The molecule has 0 fully saturated rings. The summed E-state index contributed by atoms with van der Waals surface area (Å²) in [6.07, 6.45) is -0.0354. The Kier molecular flexibility index (Phi) is 5.06. The number of carbonyl (C=O) groups is 2. The van der Waals surface area contributed by atoms with Gasteiger partial charge in [-0.1, -0.05) is 0 Å². The molecule has 0 aliphatic carbocycles. The summed E-state index contributed by atoms with van der Waals surface area (Å²) in [5.41, 5.74) is 5.38. The fourth-order valence-electron chi connectivity index (χ4n) is 0.943. The van der Waals surface area contributed by atoms with Crippen molar-refractivity contribution < 1.29 is 14.7 Å². The van der Waals surface area contributed by atoms with E-state index in [1.54, 1.807) is 13.8 Å². The number of hydrogen-bond donors (Lipinski definition) is 2. The first-order valence-electron chi connectivity index (χ1n) is 4.25. The van der Waals surface area contributed by atoms with Crippen LogP contribution in [0.25, 0.3) is 0 Å². The number of likely N-dealkylation sites (N-methyl/N-ethyl adjacent to an activating group) is 1. The van der Waals surface area contributed by atoms with E-state index in [0.29, 0.717) is 6.54 Å². The predicted octanol–water partition coefficient (Wildman–Crippen LogP) is -0.343. The summed E-state index contributed by atoms with van der Waals surface area (Å²) < 4.78 is 0. The zero-order chi connectivity index (χ0) is 10.4.